The van der Waals surface area contributed by atoms with Crippen LogP contribution in [0, 0.1) is 0 Å². The molecule has 0 aliphatic rings. The molecule has 0 aromatic rings. The molecule has 2 nitrogen and oxygen atoms in total. The largest absolute Gasteiger partial charge is 0.481 e. The summed E-state index contributed by atoms with van der Waals surface area (Å²) in [7, 11) is 0. The van der Waals surface area contributed by atoms with Crippen LogP contribution in [0.15, 0.2) is 0 Å². The second kappa shape index (κ2) is 17.8. The summed E-state index contributed by atoms with van der Waals surface area (Å²) in [5.41, 5.74) is 0. The van der Waals surface area contributed by atoms with E-state index in [0.717, 1.165) is 12.8 Å². The predicted octanol–water partition coefficient (Wildman–Crippen LogP) is 5.15. The molecule has 0 aromatic heterocycles. The van der Waals surface area contributed by atoms with Crippen molar-refractivity contribution < 1.29 is 9.90 Å². The van der Waals surface area contributed by atoms with E-state index < -0.39 is 5.97 Å². The summed E-state index contributed by atoms with van der Waals surface area (Å²) in [5.74, 6) is -0.659. The number of unbranched alkanes of at least 4 members (excludes halogenated alkanes) is 8. The first-order chi connectivity index (χ1) is 6.77. The fourth-order valence-corrected chi connectivity index (χ4v) is 1.59. The smallest absolute Gasteiger partial charge is 0.303 e. The molecular weight excluding hydrogens is 336 g/mol. The number of carboxylic acids is 1. The lowest BCUT2D eigenvalue weighted by Gasteiger charge is -2.00. The zero-order chi connectivity index (χ0) is 10.6. The highest BCUT2D eigenvalue weighted by Gasteiger charge is 1.96. The Bertz CT molecular complexity index is 141. The molecule has 0 saturated heterocycles. The Hall–Kier alpha value is 0.430. The first-order valence-electron chi connectivity index (χ1n) is 5.99. The Morgan fingerprint density at radius 2 is 1.19 bits per heavy atom. The molecule has 0 rings (SSSR count). The van der Waals surface area contributed by atoms with Crippen molar-refractivity contribution in [3.05, 3.63) is 0 Å². The minimum absolute atomic E-state index is 0. The van der Waals surface area contributed by atoms with Crippen molar-refractivity contribution >= 4 is 39.9 Å². The molecule has 0 radical (unpaired) electrons. The highest BCUT2D eigenvalue weighted by atomic mass is 79.9. The van der Waals surface area contributed by atoms with E-state index in [4.69, 9.17) is 5.11 Å². The molecule has 0 aliphatic heterocycles. The van der Waals surface area contributed by atoms with E-state index in [2.05, 4.69) is 6.92 Å². The molecule has 100 valence electrons. The van der Waals surface area contributed by atoms with Gasteiger partial charge in [-0.3, -0.25) is 4.79 Å². The third-order valence-corrected chi connectivity index (χ3v) is 2.49. The van der Waals surface area contributed by atoms with Crippen molar-refractivity contribution in [1.29, 1.82) is 0 Å². The van der Waals surface area contributed by atoms with Gasteiger partial charge in [-0.2, -0.15) is 0 Å². The maximum Gasteiger partial charge on any atom is 0.303 e. The molecular formula is C12H26Br2O2. The zero-order valence-electron chi connectivity index (χ0n) is 10.2. The van der Waals surface area contributed by atoms with E-state index in [0.29, 0.717) is 6.42 Å². The van der Waals surface area contributed by atoms with Gasteiger partial charge in [0.2, 0.25) is 0 Å². The summed E-state index contributed by atoms with van der Waals surface area (Å²) in [6, 6.07) is 0. The molecule has 0 heterocycles. The minimum Gasteiger partial charge on any atom is -0.481 e. The van der Waals surface area contributed by atoms with Crippen molar-refractivity contribution in [2.24, 2.45) is 0 Å². The van der Waals surface area contributed by atoms with Crippen LogP contribution in [0.3, 0.4) is 0 Å². The lowest BCUT2D eigenvalue weighted by Crippen LogP contribution is -1.93. The van der Waals surface area contributed by atoms with E-state index in [9.17, 15) is 4.79 Å². The molecule has 0 atom stereocenters. The quantitative estimate of drug-likeness (QED) is 0.546. The first-order valence-corrected chi connectivity index (χ1v) is 5.99. The molecule has 0 unspecified atom stereocenters. The number of hydrogen-bond acceptors (Lipinski definition) is 1. The number of carbonyl (C=O) groups is 1. The lowest BCUT2D eigenvalue weighted by molar-refractivity contribution is -0.137. The maximum atomic E-state index is 10.2. The molecule has 1 N–H and O–H groups in total. The molecule has 16 heavy (non-hydrogen) atoms. The predicted molar refractivity (Wildman–Crippen MR) is 80.1 cm³/mol. The summed E-state index contributed by atoms with van der Waals surface area (Å²) in [5, 5.41) is 8.41. The molecule has 0 fully saturated rings. The molecule has 0 aliphatic carbocycles. The van der Waals surface area contributed by atoms with E-state index >= 15 is 0 Å². The number of halogens is 2. The van der Waals surface area contributed by atoms with Crippen LogP contribution in [0.1, 0.15) is 71.1 Å². The summed E-state index contributed by atoms with van der Waals surface area (Å²) in [4.78, 5) is 10.2. The van der Waals surface area contributed by atoms with Gasteiger partial charge in [-0.25, -0.2) is 0 Å². The van der Waals surface area contributed by atoms with Gasteiger partial charge in [0.25, 0.3) is 0 Å². The van der Waals surface area contributed by atoms with Crippen molar-refractivity contribution in [2.75, 3.05) is 0 Å². The number of carboxylic acid groups (broad SMARTS) is 1. The molecule has 0 amide bonds. The highest BCUT2D eigenvalue weighted by molar-refractivity contribution is 8.93. The average molecular weight is 362 g/mol. The van der Waals surface area contributed by atoms with Crippen LogP contribution in [-0.2, 0) is 4.79 Å². The zero-order valence-corrected chi connectivity index (χ0v) is 13.7. The van der Waals surface area contributed by atoms with Crippen LogP contribution >= 0.6 is 34.0 Å². The molecule has 0 aromatic carbocycles. The van der Waals surface area contributed by atoms with Gasteiger partial charge in [0.05, 0.1) is 0 Å². The second-order valence-corrected chi connectivity index (χ2v) is 3.97. The van der Waals surface area contributed by atoms with Gasteiger partial charge in [-0.05, 0) is 6.42 Å². The van der Waals surface area contributed by atoms with Crippen LogP contribution in [-0.4, -0.2) is 11.1 Å². The summed E-state index contributed by atoms with van der Waals surface area (Å²) in [6.07, 6.45) is 11.5. The second-order valence-electron chi connectivity index (χ2n) is 3.97. The third kappa shape index (κ3) is 19.9. The van der Waals surface area contributed by atoms with E-state index in [1.54, 1.807) is 0 Å². The summed E-state index contributed by atoms with van der Waals surface area (Å²) >= 11 is 0. The van der Waals surface area contributed by atoms with Gasteiger partial charge in [0.15, 0.2) is 0 Å². The van der Waals surface area contributed by atoms with Gasteiger partial charge in [0.1, 0.15) is 0 Å². The standard InChI is InChI=1S/C12H24O2.2BrH/c1-2-3-4-5-6-7-8-9-10-11-12(13)14;;/h2-11H2,1H3,(H,13,14);2*1H. The van der Waals surface area contributed by atoms with Crippen LogP contribution in [0.5, 0.6) is 0 Å². The van der Waals surface area contributed by atoms with Crippen LogP contribution < -0.4 is 0 Å². The Morgan fingerprint density at radius 3 is 1.56 bits per heavy atom. The van der Waals surface area contributed by atoms with E-state index in [-0.39, 0.29) is 34.0 Å². The Balaban J connectivity index is -0.000000845. The first kappa shape index (κ1) is 21.7. The maximum absolute atomic E-state index is 10.2. The van der Waals surface area contributed by atoms with Gasteiger partial charge in [0, 0.05) is 6.42 Å². The fraction of sp³-hybridized carbons (Fsp3) is 0.917. The third-order valence-electron chi connectivity index (χ3n) is 2.49. The molecule has 4 heteroatoms. The SMILES string of the molecule is Br.Br.CCCCCCCCCCCC(=O)O. The van der Waals surface area contributed by atoms with Crippen molar-refractivity contribution in [1.82, 2.24) is 0 Å². The topological polar surface area (TPSA) is 37.3 Å². The Morgan fingerprint density at radius 1 is 0.812 bits per heavy atom. The van der Waals surface area contributed by atoms with Crippen LogP contribution in [0.25, 0.3) is 0 Å². The normalized spacial score (nSPS) is 9.06. The lowest BCUT2D eigenvalue weighted by atomic mass is 10.1. The van der Waals surface area contributed by atoms with Crippen LogP contribution in [0.2, 0.25) is 0 Å². The number of rotatable bonds is 10. The van der Waals surface area contributed by atoms with E-state index in [1.807, 2.05) is 0 Å². The van der Waals surface area contributed by atoms with Crippen LogP contribution in [0.4, 0.5) is 0 Å². The minimum atomic E-state index is -0.659. The summed E-state index contributed by atoms with van der Waals surface area (Å²) < 4.78 is 0. The van der Waals surface area contributed by atoms with Crippen molar-refractivity contribution in [2.45, 2.75) is 71.1 Å². The van der Waals surface area contributed by atoms with E-state index in [1.165, 1.54) is 44.9 Å². The Labute approximate surface area is 121 Å². The highest BCUT2D eigenvalue weighted by Crippen LogP contribution is 2.10. The van der Waals surface area contributed by atoms with Gasteiger partial charge in [-0.1, -0.05) is 58.3 Å². The number of aliphatic carboxylic acids is 1. The van der Waals surface area contributed by atoms with Crippen molar-refractivity contribution in [3.63, 3.8) is 0 Å². The van der Waals surface area contributed by atoms with Gasteiger partial charge >= 0.3 is 5.97 Å². The Kier molecular flexibility index (Phi) is 24.1. The monoisotopic (exact) mass is 360 g/mol. The fourth-order valence-electron chi connectivity index (χ4n) is 1.59. The van der Waals surface area contributed by atoms with Gasteiger partial charge in [-0.15, -0.1) is 34.0 Å². The average Bonchev–Trinajstić information content (AvgIpc) is 2.15. The summed E-state index contributed by atoms with van der Waals surface area (Å²) in [6.45, 7) is 2.23. The number of hydrogen-bond donors (Lipinski definition) is 1. The van der Waals surface area contributed by atoms with Gasteiger partial charge < -0.3 is 5.11 Å². The molecule has 0 saturated carbocycles. The van der Waals surface area contributed by atoms with Crippen molar-refractivity contribution in [3.8, 4) is 0 Å². The molecule has 0 spiro atoms. The molecule has 0 bridgehead atoms.